The lowest BCUT2D eigenvalue weighted by atomic mass is 10.1. The third kappa shape index (κ3) is 5.47. The van der Waals surface area contributed by atoms with Crippen molar-refractivity contribution in [1.82, 2.24) is 9.62 Å². The highest BCUT2D eigenvalue weighted by molar-refractivity contribution is 7.89. The summed E-state index contributed by atoms with van der Waals surface area (Å²) in [5.41, 5.74) is 1.01. The van der Waals surface area contributed by atoms with Gasteiger partial charge in [0, 0.05) is 26.1 Å². The first-order chi connectivity index (χ1) is 10.1. The van der Waals surface area contributed by atoms with Gasteiger partial charge < -0.3 is 4.90 Å². The van der Waals surface area contributed by atoms with E-state index in [4.69, 9.17) is 0 Å². The number of likely N-dealkylation sites (tertiary alicyclic amines) is 1. The zero-order valence-corrected chi connectivity index (χ0v) is 12.9. The van der Waals surface area contributed by atoms with Crippen LogP contribution in [0.25, 0.3) is 0 Å². The molecule has 1 N–H and O–H groups in total. The first kappa shape index (κ1) is 16.0. The Kier molecular flexibility index (Phi) is 5.76. The standard InChI is InChI=1S/C15H22N2O3S/c18-15-8-4-5-11-17(15)12-10-16-21(19,20)13-9-14-6-2-1-3-7-14/h1-3,6-7,16H,4-5,8-13H2. The second kappa shape index (κ2) is 7.56. The smallest absolute Gasteiger partial charge is 0.222 e. The molecule has 0 bridgehead atoms. The average Bonchev–Trinajstić information content (AvgIpc) is 2.48. The van der Waals surface area contributed by atoms with Gasteiger partial charge in [-0.3, -0.25) is 4.79 Å². The minimum absolute atomic E-state index is 0.0744. The van der Waals surface area contributed by atoms with E-state index in [0.29, 0.717) is 25.9 Å². The zero-order valence-electron chi connectivity index (χ0n) is 12.1. The van der Waals surface area contributed by atoms with Crippen LogP contribution in [0.3, 0.4) is 0 Å². The summed E-state index contributed by atoms with van der Waals surface area (Å²) in [4.78, 5) is 13.3. The van der Waals surface area contributed by atoms with Crippen LogP contribution in [0.2, 0.25) is 0 Å². The topological polar surface area (TPSA) is 66.5 Å². The number of hydrogen-bond donors (Lipinski definition) is 1. The van der Waals surface area contributed by atoms with E-state index in [1.54, 1.807) is 4.90 Å². The second-order valence-electron chi connectivity index (χ2n) is 5.29. The first-order valence-corrected chi connectivity index (χ1v) is 9.01. The Bertz CT molecular complexity index is 558. The third-order valence-electron chi connectivity index (χ3n) is 3.63. The highest BCUT2D eigenvalue weighted by Gasteiger charge is 2.18. The Morgan fingerprint density at radius 2 is 1.90 bits per heavy atom. The molecular weight excluding hydrogens is 288 g/mol. The normalized spacial score (nSPS) is 16.2. The van der Waals surface area contributed by atoms with Crippen molar-refractivity contribution in [3.63, 3.8) is 0 Å². The van der Waals surface area contributed by atoms with Gasteiger partial charge in [-0.05, 0) is 24.8 Å². The quantitative estimate of drug-likeness (QED) is 0.822. The van der Waals surface area contributed by atoms with Crippen LogP contribution in [0, 0.1) is 0 Å². The van der Waals surface area contributed by atoms with E-state index < -0.39 is 10.0 Å². The summed E-state index contributed by atoms with van der Waals surface area (Å²) in [6.45, 7) is 1.50. The average molecular weight is 310 g/mol. The van der Waals surface area contributed by atoms with Crippen LogP contribution in [-0.4, -0.2) is 44.6 Å². The molecule has 1 aliphatic heterocycles. The highest BCUT2D eigenvalue weighted by Crippen LogP contribution is 2.09. The summed E-state index contributed by atoms with van der Waals surface area (Å²) >= 11 is 0. The van der Waals surface area contributed by atoms with E-state index in [-0.39, 0.29) is 11.7 Å². The molecule has 0 spiro atoms. The molecule has 1 fully saturated rings. The van der Waals surface area contributed by atoms with Crippen molar-refractivity contribution in [2.45, 2.75) is 25.7 Å². The molecule has 0 unspecified atom stereocenters. The second-order valence-corrected chi connectivity index (χ2v) is 7.21. The Morgan fingerprint density at radius 1 is 1.14 bits per heavy atom. The lowest BCUT2D eigenvalue weighted by Crippen LogP contribution is -2.41. The predicted molar refractivity (Wildman–Crippen MR) is 82.4 cm³/mol. The summed E-state index contributed by atoms with van der Waals surface area (Å²) in [6.07, 6.45) is 3.03. The van der Waals surface area contributed by atoms with Crippen molar-refractivity contribution in [2.24, 2.45) is 0 Å². The highest BCUT2D eigenvalue weighted by atomic mass is 32.2. The fraction of sp³-hybridized carbons (Fsp3) is 0.533. The number of aryl methyl sites for hydroxylation is 1. The number of rotatable bonds is 7. The molecule has 0 aromatic heterocycles. The molecule has 1 saturated heterocycles. The van der Waals surface area contributed by atoms with Crippen LogP contribution < -0.4 is 4.72 Å². The van der Waals surface area contributed by atoms with E-state index in [1.165, 1.54) is 0 Å². The SMILES string of the molecule is O=C1CCCCN1CCNS(=O)(=O)CCc1ccccc1. The van der Waals surface area contributed by atoms with Crippen LogP contribution in [0.4, 0.5) is 0 Å². The van der Waals surface area contributed by atoms with Crippen molar-refractivity contribution < 1.29 is 13.2 Å². The molecule has 0 aliphatic carbocycles. The predicted octanol–water partition coefficient (Wildman–Crippen LogP) is 1.16. The van der Waals surface area contributed by atoms with Gasteiger partial charge in [-0.15, -0.1) is 0 Å². The van der Waals surface area contributed by atoms with Crippen molar-refractivity contribution in [1.29, 1.82) is 0 Å². The third-order valence-corrected chi connectivity index (χ3v) is 5.01. The van der Waals surface area contributed by atoms with Gasteiger partial charge in [0.1, 0.15) is 0 Å². The Labute approximate surface area is 126 Å². The Morgan fingerprint density at radius 3 is 2.62 bits per heavy atom. The van der Waals surface area contributed by atoms with E-state index in [2.05, 4.69) is 4.72 Å². The van der Waals surface area contributed by atoms with Crippen LogP contribution in [0.15, 0.2) is 30.3 Å². The van der Waals surface area contributed by atoms with Gasteiger partial charge in [-0.1, -0.05) is 30.3 Å². The van der Waals surface area contributed by atoms with E-state index in [0.717, 1.165) is 24.9 Å². The molecule has 1 aromatic rings. The number of amides is 1. The summed E-state index contributed by atoms with van der Waals surface area (Å²) in [5.74, 6) is 0.204. The van der Waals surface area contributed by atoms with Crippen molar-refractivity contribution in [3.8, 4) is 0 Å². The van der Waals surface area contributed by atoms with Gasteiger partial charge in [0.25, 0.3) is 0 Å². The zero-order chi connectivity index (χ0) is 15.1. The van der Waals surface area contributed by atoms with Gasteiger partial charge in [0.15, 0.2) is 0 Å². The maximum absolute atomic E-state index is 11.9. The van der Waals surface area contributed by atoms with E-state index in [9.17, 15) is 13.2 Å². The number of nitrogens with zero attached hydrogens (tertiary/aromatic N) is 1. The molecular formula is C15H22N2O3S. The monoisotopic (exact) mass is 310 g/mol. The lowest BCUT2D eigenvalue weighted by molar-refractivity contribution is -0.133. The van der Waals surface area contributed by atoms with Crippen LogP contribution >= 0.6 is 0 Å². The van der Waals surface area contributed by atoms with Crippen LogP contribution in [0.1, 0.15) is 24.8 Å². The number of carbonyl (C=O) groups excluding carboxylic acids is 1. The van der Waals surface area contributed by atoms with Gasteiger partial charge in [0.2, 0.25) is 15.9 Å². The number of benzene rings is 1. The van der Waals surface area contributed by atoms with Crippen LogP contribution in [-0.2, 0) is 21.2 Å². The van der Waals surface area contributed by atoms with Gasteiger partial charge in [-0.25, -0.2) is 13.1 Å². The molecule has 21 heavy (non-hydrogen) atoms. The number of carbonyl (C=O) groups is 1. The molecule has 0 saturated carbocycles. The Hall–Kier alpha value is -1.40. The molecule has 1 heterocycles. The largest absolute Gasteiger partial charge is 0.341 e. The van der Waals surface area contributed by atoms with E-state index >= 15 is 0 Å². The van der Waals surface area contributed by atoms with Crippen molar-refractivity contribution in [3.05, 3.63) is 35.9 Å². The molecule has 1 aromatic carbocycles. The Balaban J connectivity index is 1.72. The van der Waals surface area contributed by atoms with Crippen LogP contribution in [0.5, 0.6) is 0 Å². The van der Waals surface area contributed by atoms with E-state index in [1.807, 2.05) is 30.3 Å². The summed E-state index contributed by atoms with van der Waals surface area (Å²) in [5, 5.41) is 0. The minimum atomic E-state index is -3.29. The first-order valence-electron chi connectivity index (χ1n) is 7.36. The molecule has 1 amide bonds. The number of hydrogen-bond acceptors (Lipinski definition) is 3. The molecule has 0 radical (unpaired) electrons. The van der Waals surface area contributed by atoms with Gasteiger partial charge in [0.05, 0.1) is 5.75 Å². The fourth-order valence-electron chi connectivity index (χ4n) is 2.40. The summed E-state index contributed by atoms with van der Waals surface area (Å²) < 4.78 is 26.4. The van der Waals surface area contributed by atoms with Crippen molar-refractivity contribution in [2.75, 3.05) is 25.4 Å². The number of sulfonamides is 1. The molecule has 2 rings (SSSR count). The maximum atomic E-state index is 11.9. The minimum Gasteiger partial charge on any atom is -0.341 e. The summed E-state index contributed by atoms with van der Waals surface area (Å²) in [7, 11) is -3.29. The molecule has 0 atom stereocenters. The van der Waals surface area contributed by atoms with Crippen molar-refractivity contribution >= 4 is 15.9 Å². The van der Waals surface area contributed by atoms with Gasteiger partial charge in [-0.2, -0.15) is 0 Å². The molecule has 5 nitrogen and oxygen atoms in total. The summed E-state index contributed by atoms with van der Waals surface area (Å²) in [6, 6.07) is 9.55. The van der Waals surface area contributed by atoms with Gasteiger partial charge >= 0.3 is 0 Å². The fourth-order valence-corrected chi connectivity index (χ4v) is 3.45. The maximum Gasteiger partial charge on any atom is 0.222 e. The lowest BCUT2D eigenvalue weighted by Gasteiger charge is -2.26. The molecule has 6 heteroatoms. The molecule has 116 valence electrons. The number of nitrogens with one attached hydrogen (secondary N) is 1. The number of piperidine rings is 1. The molecule has 1 aliphatic rings.